The molecule has 0 aromatic heterocycles. The predicted octanol–water partition coefficient (Wildman–Crippen LogP) is 5.30. The minimum absolute atomic E-state index is 0.0873. The quantitative estimate of drug-likeness (QED) is 0.562. The van der Waals surface area contributed by atoms with Crippen molar-refractivity contribution < 1.29 is 4.79 Å². The van der Waals surface area contributed by atoms with Gasteiger partial charge in [0.2, 0.25) is 5.78 Å². The van der Waals surface area contributed by atoms with Gasteiger partial charge in [-0.25, -0.2) is 0 Å². The highest BCUT2D eigenvalue weighted by atomic mass is 16.1. The fraction of sp³-hybridized carbons (Fsp3) is 0.500. The van der Waals surface area contributed by atoms with Crippen molar-refractivity contribution in [3.8, 4) is 0 Å². The average molecular weight is 251 g/mol. The highest BCUT2D eigenvalue weighted by Crippen LogP contribution is 2.07. The molecule has 104 valence electrons. The van der Waals surface area contributed by atoms with Gasteiger partial charge in [0.15, 0.2) is 0 Å². The smallest absolute Gasteiger partial charge is 0.206 e. The Labute approximate surface area is 113 Å². The van der Waals surface area contributed by atoms with Gasteiger partial charge in [0, 0.05) is 5.56 Å². The van der Waals surface area contributed by atoms with Crippen LogP contribution in [-0.2, 0) is 0 Å². The van der Waals surface area contributed by atoms with E-state index in [0.29, 0.717) is 5.56 Å². The maximum Gasteiger partial charge on any atom is 0.206 e. The number of nitrogens with one attached hydrogen (secondary N) is 1. The summed E-state index contributed by atoms with van der Waals surface area (Å²) in [5, 5.41) is 7.18. The lowest BCUT2D eigenvalue weighted by Gasteiger charge is -2.01. The Morgan fingerprint density at radius 3 is 1.67 bits per heavy atom. The average Bonchev–Trinajstić information content (AvgIpc) is 2.45. The molecule has 1 aromatic carbocycles. The number of ketones is 1. The maximum atomic E-state index is 11.3. The second-order valence-electron chi connectivity index (χ2n) is 2.77. The topological polar surface area (TPSA) is 40.9 Å². The Morgan fingerprint density at radius 2 is 1.33 bits per heavy atom. The van der Waals surface area contributed by atoms with Crippen molar-refractivity contribution in [2.75, 3.05) is 0 Å². The van der Waals surface area contributed by atoms with Crippen molar-refractivity contribution in [1.29, 1.82) is 5.41 Å². The third-order valence-corrected chi connectivity index (χ3v) is 1.73. The number of hydrogen-bond acceptors (Lipinski definition) is 2. The lowest BCUT2D eigenvalue weighted by molar-refractivity contribution is 0.106. The van der Waals surface area contributed by atoms with E-state index in [1.807, 2.05) is 66.7 Å². The molecule has 1 rings (SSSR count). The van der Waals surface area contributed by atoms with Crippen molar-refractivity contribution in [1.82, 2.24) is 0 Å². The van der Waals surface area contributed by atoms with Crippen molar-refractivity contribution in [2.45, 2.75) is 55.4 Å². The molecule has 0 aliphatic rings. The molecular formula is C16H29NO. The number of carbonyl (C=O) groups excluding carboxylic acids is 1. The number of benzene rings is 1. The molecule has 0 saturated heterocycles. The third kappa shape index (κ3) is 8.68. The summed E-state index contributed by atoms with van der Waals surface area (Å²) < 4.78 is 0. The molecule has 0 amide bonds. The highest BCUT2D eigenvalue weighted by molar-refractivity contribution is 6.44. The van der Waals surface area contributed by atoms with Gasteiger partial charge in [0.25, 0.3) is 0 Å². The standard InChI is InChI=1S/C10H11NO.3C2H6/c1-7-5-3-4-6-9(7)10(12)8(2)11;3*1-2/h3-6,11H,1-2H3;3*1-2H3. The van der Waals surface area contributed by atoms with Gasteiger partial charge in [0.1, 0.15) is 0 Å². The zero-order valence-corrected chi connectivity index (χ0v) is 13.2. The Bertz CT molecular complexity index is 330. The molecule has 2 heteroatoms. The summed E-state index contributed by atoms with van der Waals surface area (Å²) in [5.41, 5.74) is 1.64. The Balaban J connectivity index is -0.000000328. The minimum Gasteiger partial charge on any atom is -0.302 e. The van der Waals surface area contributed by atoms with Gasteiger partial charge >= 0.3 is 0 Å². The summed E-state index contributed by atoms with van der Waals surface area (Å²) in [7, 11) is 0. The Hall–Kier alpha value is -1.44. The SMILES string of the molecule is CC.CC.CC.CC(=N)C(=O)c1ccccc1C. The van der Waals surface area contributed by atoms with Gasteiger partial charge in [-0.1, -0.05) is 65.8 Å². The van der Waals surface area contributed by atoms with Crippen LogP contribution in [-0.4, -0.2) is 11.5 Å². The van der Waals surface area contributed by atoms with E-state index in [2.05, 4.69) is 0 Å². The molecule has 0 radical (unpaired) electrons. The minimum atomic E-state index is -0.187. The second kappa shape index (κ2) is 15.6. The van der Waals surface area contributed by atoms with Crippen LogP contribution >= 0.6 is 0 Å². The molecule has 0 heterocycles. The zero-order chi connectivity index (χ0) is 15.1. The van der Waals surface area contributed by atoms with Crippen LogP contribution < -0.4 is 0 Å². The number of rotatable bonds is 2. The summed E-state index contributed by atoms with van der Waals surface area (Å²) in [6.07, 6.45) is 0. The molecule has 0 bridgehead atoms. The number of hydrogen-bond donors (Lipinski definition) is 1. The molecule has 2 nitrogen and oxygen atoms in total. The summed E-state index contributed by atoms with van der Waals surface area (Å²) in [4.78, 5) is 11.3. The lowest BCUT2D eigenvalue weighted by Crippen LogP contribution is -2.10. The first-order valence-corrected chi connectivity index (χ1v) is 6.78. The number of aryl methyl sites for hydroxylation is 1. The van der Waals surface area contributed by atoms with Gasteiger partial charge in [0.05, 0.1) is 5.71 Å². The molecule has 0 unspecified atom stereocenters. The molecule has 0 saturated carbocycles. The molecule has 1 aromatic rings. The van der Waals surface area contributed by atoms with Gasteiger partial charge in [-0.3, -0.25) is 4.79 Å². The van der Waals surface area contributed by atoms with E-state index in [0.717, 1.165) is 5.56 Å². The van der Waals surface area contributed by atoms with Crippen LogP contribution in [0.25, 0.3) is 0 Å². The van der Waals surface area contributed by atoms with Crippen molar-refractivity contribution in [2.24, 2.45) is 0 Å². The molecule has 0 aliphatic carbocycles. The number of carbonyl (C=O) groups is 1. The molecular weight excluding hydrogens is 222 g/mol. The predicted molar refractivity (Wildman–Crippen MR) is 83.0 cm³/mol. The second-order valence-corrected chi connectivity index (χ2v) is 2.77. The van der Waals surface area contributed by atoms with Crippen LogP contribution in [0.15, 0.2) is 24.3 Å². The molecule has 0 spiro atoms. The summed E-state index contributed by atoms with van der Waals surface area (Å²) >= 11 is 0. The van der Waals surface area contributed by atoms with Gasteiger partial charge in [-0.2, -0.15) is 0 Å². The normalized spacial score (nSPS) is 7.33. The van der Waals surface area contributed by atoms with Gasteiger partial charge < -0.3 is 5.41 Å². The summed E-state index contributed by atoms with van der Waals surface area (Å²) in [6, 6.07) is 7.31. The van der Waals surface area contributed by atoms with Gasteiger partial charge in [-0.05, 0) is 19.4 Å². The molecule has 1 N–H and O–H groups in total. The maximum absolute atomic E-state index is 11.3. The van der Waals surface area contributed by atoms with E-state index in [-0.39, 0.29) is 11.5 Å². The van der Waals surface area contributed by atoms with Crippen molar-refractivity contribution >= 4 is 11.5 Å². The van der Waals surface area contributed by atoms with E-state index in [4.69, 9.17) is 5.41 Å². The fourth-order valence-electron chi connectivity index (χ4n) is 1.03. The van der Waals surface area contributed by atoms with E-state index in [1.54, 1.807) is 6.07 Å². The van der Waals surface area contributed by atoms with E-state index in [9.17, 15) is 4.79 Å². The Morgan fingerprint density at radius 1 is 0.944 bits per heavy atom. The molecule has 18 heavy (non-hydrogen) atoms. The molecule has 0 fully saturated rings. The number of Topliss-reactive ketones (excluding diaryl/α,β-unsaturated/α-hetero) is 1. The monoisotopic (exact) mass is 251 g/mol. The van der Waals surface area contributed by atoms with Crippen LogP contribution in [0.5, 0.6) is 0 Å². The van der Waals surface area contributed by atoms with Crippen LogP contribution in [0.1, 0.15) is 64.4 Å². The Kier molecular flexibility index (Phi) is 18.8. The first-order chi connectivity index (χ1) is 8.63. The lowest BCUT2D eigenvalue weighted by atomic mass is 10.0. The largest absolute Gasteiger partial charge is 0.302 e. The summed E-state index contributed by atoms with van der Waals surface area (Å²) in [5.74, 6) is -0.187. The first-order valence-electron chi connectivity index (χ1n) is 6.78. The van der Waals surface area contributed by atoms with Crippen LogP contribution in [0.3, 0.4) is 0 Å². The van der Waals surface area contributed by atoms with Crippen LogP contribution in [0.4, 0.5) is 0 Å². The highest BCUT2D eigenvalue weighted by Gasteiger charge is 2.09. The van der Waals surface area contributed by atoms with Crippen LogP contribution in [0.2, 0.25) is 0 Å². The molecule has 0 aliphatic heterocycles. The molecule has 0 atom stereocenters. The van der Waals surface area contributed by atoms with Crippen LogP contribution in [0, 0.1) is 12.3 Å². The fourth-order valence-corrected chi connectivity index (χ4v) is 1.03. The first kappa shape index (κ1) is 21.8. The van der Waals surface area contributed by atoms with E-state index >= 15 is 0 Å². The van der Waals surface area contributed by atoms with E-state index < -0.39 is 0 Å². The summed E-state index contributed by atoms with van der Waals surface area (Å²) in [6.45, 7) is 15.4. The third-order valence-electron chi connectivity index (χ3n) is 1.73. The van der Waals surface area contributed by atoms with Crippen molar-refractivity contribution in [3.63, 3.8) is 0 Å². The van der Waals surface area contributed by atoms with Crippen molar-refractivity contribution in [3.05, 3.63) is 35.4 Å². The zero-order valence-electron chi connectivity index (χ0n) is 13.2. The van der Waals surface area contributed by atoms with Gasteiger partial charge in [-0.15, -0.1) is 0 Å². The van der Waals surface area contributed by atoms with E-state index in [1.165, 1.54) is 6.92 Å².